The first-order valence-electron chi connectivity index (χ1n) is 8.40. The number of H-pyrrole nitrogens is 1. The number of hydrogen-bond donors (Lipinski definition) is 2. The molecule has 3 rings (SSSR count). The van der Waals surface area contributed by atoms with Crippen LogP contribution in [0.3, 0.4) is 0 Å². The Morgan fingerprint density at radius 3 is 2.46 bits per heavy atom. The molecule has 2 heterocycles. The van der Waals surface area contributed by atoms with E-state index in [0.717, 1.165) is 43.9 Å². The molecular weight excluding hydrogens is 356 g/mol. The van der Waals surface area contributed by atoms with Crippen LogP contribution in [0.4, 0.5) is 11.9 Å². The molecular formula is C17H23ClN6O2. The van der Waals surface area contributed by atoms with E-state index >= 15 is 0 Å². The number of aromatic amines is 1. The summed E-state index contributed by atoms with van der Waals surface area (Å²) in [6, 6.07) is 8.73. The molecule has 0 spiro atoms. The lowest BCUT2D eigenvalue weighted by Crippen LogP contribution is -2.44. The van der Waals surface area contributed by atoms with E-state index in [1.807, 2.05) is 12.1 Å². The fourth-order valence-corrected chi connectivity index (χ4v) is 3.18. The van der Waals surface area contributed by atoms with Crippen molar-refractivity contribution in [3.05, 3.63) is 34.9 Å². The zero-order chi connectivity index (χ0) is 18.9. The summed E-state index contributed by atoms with van der Waals surface area (Å²) in [6.45, 7) is 2.99. The predicted octanol–water partition coefficient (Wildman–Crippen LogP) is 1.60. The molecule has 0 saturated carbocycles. The average molecular weight is 379 g/mol. The Kier molecular flexibility index (Phi) is 7.59. The number of likely N-dealkylation sites (N-methyl/N-ethyl adjacent to an activating group) is 1. The van der Waals surface area contributed by atoms with E-state index in [0.29, 0.717) is 17.9 Å². The molecule has 8 nitrogen and oxygen atoms in total. The van der Waals surface area contributed by atoms with E-state index in [1.54, 1.807) is 0 Å². The van der Waals surface area contributed by atoms with Crippen molar-refractivity contribution in [3.63, 3.8) is 0 Å². The van der Waals surface area contributed by atoms with Crippen molar-refractivity contribution in [2.75, 3.05) is 37.3 Å². The third-order valence-corrected chi connectivity index (χ3v) is 4.78. The Hall–Kier alpha value is -2.41. The monoisotopic (exact) mass is 378 g/mol. The van der Waals surface area contributed by atoms with Gasteiger partial charge in [-0.25, -0.2) is 5.10 Å². The van der Waals surface area contributed by atoms with Gasteiger partial charge in [-0.1, -0.05) is 23.7 Å². The molecule has 1 saturated heterocycles. The molecule has 1 aliphatic heterocycles. The summed E-state index contributed by atoms with van der Waals surface area (Å²) in [4.78, 5) is 25.1. The first-order valence-corrected chi connectivity index (χ1v) is 8.78. The maximum atomic E-state index is 8.12. The molecule has 2 aromatic rings. The van der Waals surface area contributed by atoms with Crippen LogP contribution in [0.5, 0.6) is 0 Å². The highest BCUT2D eigenvalue weighted by atomic mass is 35.5. The van der Waals surface area contributed by atoms with E-state index in [9.17, 15) is 0 Å². The Labute approximate surface area is 157 Å². The summed E-state index contributed by atoms with van der Waals surface area (Å²) in [6.07, 6.45) is 3.53. The number of nitrogens with one attached hydrogen (secondary N) is 1. The second-order valence-corrected chi connectivity index (χ2v) is 6.62. The second kappa shape index (κ2) is 9.91. The highest BCUT2D eigenvalue weighted by Crippen LogP contribution is 2.20. The van der Waals surface area contributed by atoms with Gasteiger partial charge in [-0.05, 0) is 44.0 Å². The normalized spacial score (nSPS) is 14.7. The van der Waals surface area contributed by atoms with Gasteiger partial charge in [-0.2, -0.15) is 14.6 Å². The largest absolute Gasteiger partial charge is 0.373 e. The van der Waals surface area contributed by atoms with Gasteiger partial charge < -0.3 is 15.5 Å². The van der Waals surface area contributed by atoms with Crippen LogP contribution >= 0.6 is 11.6 Å². The number of piperidine rings is 1. The number of halogens is 1. The third-order valence-electron chi connectivity index (χ3n) is 4.53. The molecule has 9 heteroatoms. The fraction of sp³-hybridized carbons (Fsp3) is 0.471. The zero-order valence-corrected chi connectivity index (χ0v) is 15.4. The maximum absolute atomic E-state index is 8.12. The van der Waals surface area contributed by atoms with Crippen molar-refractivity contribution in [1.82, 2.24) is 20.1 Å². The van der Waals surface area contributed by atoms with Gasteiger partial charge in [-0.3, -0.25) is 0 Å². The van der Waals surface area contributed by atoms with Gasteiger partial charge in [-0.15, -0.1) is 5.10 Å². The van der Waals surface area contributed by atoms with Crippen molar-refractivity contribution in [2.24, 2.45) is 0 Å². The first kappa shape index (κ1) is 19.9. The Morgan fingerprint density at radius 2 is 1.92 bits per heavy atom. The van der Waals surface area contributed by atoms with Crippen LogP contribution in [0.1, 0.15) is 18.4 Å². The minimum absolute atomic E-state index is 0.250. The van der Waals surface area contributed by atoms with Gasteiger partial charge in [0.15, 0.2) is 0 Å². The molecule has 0 unspecified atom stereocenters. The van der Waals surface area contributed by atoms with Gasteiger partial charge in [0, 0.05) is 30.7 Å². The highest BCUT2D eigenvalue weighted by Gasteiger charge is 2.24. The molecule has 26 heavy (non-hydrogen) atoms. The molecule has 0 radical (unpaired) electrons. The zero-order valence-electron chi connectivity index (χ0n) is 14.7. The topological polar surface area (TPSA) is 108 Å². The van der Waals surface area contributed by atoms with Gasteiger partial charge in [0.1, 0.15) is 0 Å². The molecule has 1 fully saturated rings. The predicted molar refractivity (Wildman–Crippen MR) is 98.8 cm³/mol. The average Bonchev–Trinajstić information content (AvgIpc) is 3.08. The Balaban J connectivity index is 0.000000758. The number of nitrogen functional groups attached to an aromatic ring is 1. The minimum atomic E-state index is 0.250. The van der Waals surface area contributed by atoms with Crippen LogP contribution in [-0.2, 0) is 16.0 Å². The third kappa shape index (κ3) is 5.84. The van der Waals surface area contributed by atoms with Crippen LogP contribution in [0.25, 0.3) is 0 Å². The molecule has 3 N–H and O–H groups in total. The summed E-state index contributed by atoms with van der Waals surface area (Å²) in [7, 11) is 2.21. The molecule has 1 aromatic heterocycles. The molecule has 0 atom stereocenters. The quantitative estimate of drug-likeness (QED) is 0.813. The number of aromatic nitrogens is 3. The van der Waals surface area contributed by atoms with Crippen molar-refractivity contribution >= 4 is 29.6 Å². The molecule has 1 aromatic carbocycles. The summed E-state index contributed by atoms with van der Waals surface area (Å²) in [5.41, 5.74) is 6.92. The SMILES string of the molecule is CN(CCc1ccc(Cl)cc1)C1CCN(c2n[nH]c(N)n2)CC1.O=C=O. The summed E-state index contributed by atoms with van der Waals surface area (Å²) < 4.78 is 0. The van der Waals surface area contributed by atoms with Gasteiger partial charge in [0.2, 0.25) is 11.9 Å². The van der Waals surface area contributed by atoms with E-state index < -0.39 is 0 Å². The van der Waals surface area contributed by atoms with Crippen molar-refractivity contribution in [1.29, 1.82) is 0 Å². The standard InChI is InChI=1S/C16H23ClN6.CO2/c1-22(9-6-12-2-4-13(17)5-3-12)14-7-10-23(11-8-14)16-19-15(18)20-21-16;2-1-3/h2-5,14H,6-11H2,1H3,(H3,18,19,20,21);. The van der Waals surface area contributed by atoms with Crippen molar-refractivity contribution < 1.29 is 9.59 Å². The minimum Gasteiger partial charge on any atom is -0.368 e. The van der Waals surface area contributed by atoms with Crippen molar-refractivity contribution in [2.45, 2.75) is 25.3 Å². The van der Waals surface area contributed by atoms with E-state index in [1.165, 1.54) is 5.56 Å². The van der Waals surface area contributed by atoms with Crippen molar-refractivity contribution in [3.8, 4) is 0 Å². The number of rotatable bonds is 5. The molecule has 0 bridgehead atoms. The Bertz CT molecular complexity index is 706. The maximum Gasteiger partial charge on any atom is 0.373 e. The van der Waals surface area contributed by atoms with E-state index in [-0.39, 0.29) is 6.15 Å². The number of benzene rings is 1. The van der Waals surface area contributed by atoms with Gasteiger partial charge in [0.05, 0.1) is 0 Å². The van der Waals surface area contributed by atoms with Crippen LogP contribution in [-0.4, -0.2) is 59.0 Å². The van der Waals surface area contributed by atoms with E-state index in [4.69, 9.17) is 26.9 Å². The number of hydrogen-bond acceptors (Lipinski definition) is 7. The molecule has 0 amide bonds. The van der Waals surface area contributed by atoms with Crippen LogP contribution < -0.4 is 10.6 Å². The molecule has 140 valence electrons. The second-order valence-electron chi connectivity index (χ2n) is 6.18. The van der Waals surface area contributed by atoms with Crippen LogP contribution in [0.2, 0.25) is 5.02 Å². The number of anilines is 2. The number of nitrogens with zero attached hydrogens (tertiary/aromatic N) is 4. The lowest BCUT2D eigenvalue weighted by Gasteiger charge is -2.36. The summed E-state index contributed by atoms with van der Waals surface area (Å²) in [5.74, 6) is 1.09. The van der Waals surface area contributed by atoms with E-state index in [2.05, 4.69) is 44.2 Å². The molecule has 0 aliphatic carbocycles. The first-order chi connectivity index (χ1) is 12.5. The summed E-state index contributed by atoms with van der Waals surface area (Å²) in [5, 5.41) is 7.62. The van der Waals surface area contributed by atoms with Gasteiger partial charge in [0.25, 0.3) is 0 Å². The lowest BCUT2D eigenvalue weighted by molar-refractivity contribution is -0.191. The fourth-order valence-electron chi connectivity index (χ4n) is 3.05. The number of nitrogens with two attached hydrogens (primary N) is 1. The summed E-state index contributed by atoms with van der Waals surface area (Å²) >= 11 is 5.93. The smallest absolute Gasteiger partial charge is 0.368 e. The number of carbonyl (C=O) groups excluding carboxylic acids is 2. The molecule has 1 aliphatic rings. The highest BCUT2D eigenvalue weighted by molar-refractivity contribution is 6.30. The van der Waals surface area contributed by atoms with Crippen LogP contribution in [0.15, 0.2) is 24.3 Å². The van der Waals surface area contributed by atoms with Gasteiger partial charge >= 0.3 is 6.15 Å². The Morgan fingerprint density at radius 1 is 1.31 bits per heavy atom. The lowest BCUT2D eigenvalue weighted by atomic mass is 10.0. The van der Waals surface area contributed by atoms with Crippen LogP contribution in [0, 0.1) is 0 Å².